The highest BCUT2D eigenvalue weighted by atomic mass is 35.5. The van der Waals surface area contributed by atoms with Crippen molar-refractivity contribution in [3.8, 4) is 0 Å². The van der Waals surface area contributed by atoms with Gasteiger partial charge in [-0.3, -0.25) is 0 Å². The van der Waals surface area contributed by atoms with Crippen molar-refractivity contribution in [3.05, 3.63) is 46.5 Å². The van der Waals surface area contributed by atoms with Crippen LogP contribution in [0.2, 0.25) is 10.3 Å². The van der Waals surface area contributed by atoms with Crippen molar-refractivity contribution >= 4 is 40.2 Å². The molecule has 2 heterocycles. The molecule has 1 aromatic carbocycles. The molecule has 0 atom stereocenters. The maximum absolute atomic E-state index is 6.16. The third-order valence-corrected chi connectivity index (χ3v) is 5.37. The molecular weight excluding hydrogens is 383 g/mol. The molecule has 0 bridgehead atoms. The average Bonchev–Trinajstić information content (AvgIpc) is 3.32. The first-order valence-electron chi connectivity index (χ1n) is 9.30. The van der Waals surface area contributed by atoms with Gasteiger partial charge >= 0.3 is 0 Å². The van der Waals surface area contributed by atoms with E-state index in [4.69, 9.17) is 23.2 Å². The Bertz CT molecular complexity index is 902. The van der Waals surface area contributed by atoms with E-state index < -0.39 is 0 Å². The molecule has 8 heteroatoms. The van der Waals surface area contributed by atoms with Crippen molar-refractivity contribution in [1.29, 1.82) is 0 Å². The van der Waals surface area contributed by atoms with E-state index in [-0.39, 0.29) is 5.28 Å². The van der Waals surface area contributed by atoms with Crippen LogP contribution < -0.4 is 10.6 Å². The van der Waals surface area contributed by atoms with Crippen LogP contribution in [0.1, 0.15) is 37.3 Å². The van der Waals surface area contributed by atoms with E-state index in [0.717, 1.165) is 29.3 Å². The highest BCUT2D eigenvalue weighted by Gasteiger charge is 2.21. The predicted molar refractivity (Wildman–Crippen MR) is 109 cm³/mol. The fourth-order valence-corrected chi connectivity index (χ4v) is 3.86. The van der Waals surface area contributed by atoms with Crippen LogP contribution in [0, 0.1) is 0 Å². The van der Waals surface area contributed by atoms with E-state index in [0.29, 0.717) is 18.4 Å². The molecule has 0 saturated heterocycles. The van der Waals surface area contributed by atoms with Crippen LogP contribution in [0.15, 0.2) is 30.6 Å². The highest BCUT2D eigenvalue weighted by molar-refractivity contribution is 6.30. The Morgan fingerprint density at radius 3 is 2.59 bits per heavy atom. The summed E-state index contributed by atoms with van der Waals surface area (Å²) in [6.07, 6.45) is 6.73. The third kappa shape index (κ3) is 4.34. The van der Waals surface area contributed by atoms with Crippen molar-refractivity contribution < 1.29 is 0 Å². The molecule has 2 aromatic heterocycles. The van der Waals surface area contributed by atoms with E-state index in [2.05, 4.69) is 30.2 Å². The van der Waals surface area contributed by atoms with Crippen LogP contribution in [0.5, 0.6) is 0 Å². The van der Waals surface area contributed by atoms with Gasteiger partial charge in [-0.05, 0) is 42.1 Å². The molecule has 4 rings (SSSR count). The van der Waals surface area contributed by atoms with Gasteiger partial charge in [0.15, 0.2) is 17.0 Å². The zero-order valence-corrected chi connectivity index (χ0v) is 16.5. The van der Waals surface area contributed by atoms with Crippen molar-refractivity contribution in [2.75, 3.05) is 18.4 Å². The van der Waals surface area contributed by atoms with Gasteiger partial charge in [-0.25, -0.2) is 4.98 Å². The predicted octanol–water partition coefficient (Wildman–Crippen LogP) is 4.45. The second-order valence-corrected chi connectivity index (χ2v) is 7.61. The van der Waals surface area contributed by atoms with Gasteiger partial charge in [-0.2, -0.15) is 9.97 Å². The number of fused-ring (bicyclic) bond motifs is 1. The lowest BCUT2D eigenvalue weighted by atomic mass is 10.2. The van der Waals surface area contributed by atoms with E-state index >= 15 is 0 Å². The number of nitrogens with zero attached hydrogens (tertiary/aromatic N) is 4. The van der Waals surface area contributed by atoms with E-state index in [9.17, 15) is 0 Å². The minimum absolute atomic E-state index is 0.249. The minimum atomic E-state index is 0.249. The molecule has 0 radical (unpaired) electrons. The molecule has 0 amide bonds. The quantitative estimate of drug-likeness (QED) is 0.449. The second kappa shape index (κ2) is 8.42. The first-order chi connectivity index (χ1) is 13.2. The smallest absolute Gasteiger partial charge is 0.226 e. The molecule has 27 heavy (non-hydrogen) atoms. The Morgan fingerprint density at radius 2 is 1.81 bits per heavy atom. The fourth-order valence-electron chi connectivity index (χ4n) is 3.57. The van der Waals surface area contributed by atoms with Crippen LogP contribution in [0.25, 0.3) is 11.2 Å². The van der Waals surface area contributed by atoms with Crippen molar-refractivity contribution in [3.63, 3.8) is 0 Å². The molecule has 3 aromatic rings. The number of nitrogens with one attached hydrogen (secondary N) is 2. The minimum Gasteiger partial charge on any atom is -0.367 e. The Morgan fingerprint density at radius 1 is 1.04 bits per heavy atom. The molecule has 1 aliphatic carbocycles. The van der Waals surface area contributed by atoms with Gasteiger partial charge < -0.3 is 15.2 Å². The lowest BCUT2D eigenvalue weighted by Crippen LogP contribution is -2.22. The summed E-state index contributed by atoms with van der Waals surface area (Å²) in [7, 11) is 0. The Balaban J connectivity index is 1.37. The number of hydrogen-bond acceptors (Lipinski definition) is 5. The second-order valence-electron chi connectivity index (χ2n) is 6.83. The van der Waals surface area contributed by atoms with Crippen LogP contribution in [-0.2, 0) is 6.54 Å². The number of anilines is 1. The summed E-state index contributed by atoms with van der Waals surface area (Å²) in [6.45, 7) is 2.29. The summed E-state index contributed by atoms with van der Waals surface area (Å²) in [5.74, 6) is 0.690. The monoisotopic (exact) mass is 404 g/mol. The molecule has 0 spiro atoms. The number of imidazole rings is 1. The first kappa shape index (κ1) is 18.5. The number of hydrogen-bond donors (Lipinski definition) is 2. The van der Waals surface area contributed by atoms with Crippen molar-refractivity contribution in [2.24, 2.45) is 0 Å². The van der Waals surface area contributed by atoms with E-state index in [1.807, 2.05) is 30.6 Å². The summed E-state index contributed by atoms with van der Waals surface area (Å²) in [4.78, 5) is 13.3. The van der Waals surface area contributed by atoms with Crippen LogP contribution >= 0.6 is 23.2 Å². The topological polar surface area (TPSA) is 67.7 Å². The number of benzene rings is 1. The summed E-state index contributed by atoms with van der Waals surface area (Å²) >= 11 is 12.1. The van der Waals surface area contributed by atoms with Gasteiger partial charge in [0.25, 0.3) is 0 Å². The van der Waals surface area contributed by atoms with Gasteiger partial charge in [0.2, 0.25) is 5.28 Å². The maximum atomic E-state index is 6.16. The Hall–Kier alpha value is -1.89. The normalized spacial score (nSPS) is 14.9. The van der Waals surface area contributed by atoms with Gasteiger partial charge in [-0.1, -0.05) is 36.6 Å². The van der Waals surface area contributed by atoms with Gasteiger partial charge in [0.05, 0.1) is 6.33 Å². The Kier molecular flexibility index (Phi) is 5.76. The Labute approximate surface area is 168 Å². The third-order valence-electron chi connectivity index (χ3n) is 4.95. The SMILES string of the molecule is Clc1ccc(CNCCNc2nc(Cl)nc3c2ncn3C2CCCC2)cc1. The average molecular weight is 405 g/mol. The number of halogens is 2. The number of aromatic nitrogens is 4. The van der Waals surface area contributed by atoms with Crippen LogP contribution in [0.4, 0.5) is 5.82 Å². The standard InChI is InChI=1S/C19H22Cl2N6/c20-14-7-5-13(6-8-14)11-22-9-10-23-17-16-18(26-19(21)25-17)27(12-24-16)15-3-1-2-4-15/h5-8,12,15,22H,1-4,9-11H2,(H,23,25,26). The molecule has 0 aliphatic heterocycles. The molecular formula is C19H22Cl2N6. The van der Waals surface area contributed by atoms with Gasteiger partial charge in [0, 0.05) is 30.7 Å². The lowest BCUT2D eigenvalue weighted by molar-refractivity contribution is 0.529. The maximum Gasteiger partial charge on any atom is 0.226 e. The van der Waals surface area contributed by atoms with Gasteiger partial charge in [-0.15, -0.1) is 0 Å². The van der Waals surface area contributed by atoms with Crippen molar-refractivity contribution in [1.82, 2.24) is 24.8 Å². The molecule has 6 nitrogen and oxygen atoms in total. The summed E-state index contributed by atoms with van der Waals surface area (Å²) < 4.78 is 2.15. The largest absolute Gasteiger partial charge is 0.367 e. The van der Waals surface area contributed by atoms with E-state index in [1.54, 1.807) is 0 Å². The lowest BCUT2D eigenvalue weighted by Gasteiger charge is -2.12. The number of rotatable bonds is 7. The molecule has 2 N–H and O–H groups in total. The van der Waals surface area contributed by atoms with Gasteiger partial charge in [0.1, 0.15) is 0 Å². The van der Waals surface area contributed by atoms with E-state index in [1.165, 1.54) is 31.2 Å². The summed E-state index contributed by atoms with van der Waals surface area (Å²) in [5.41, 5.74) is 2.80. The zero-order chi connectivity index (χ0) is 18.6. The summed E-state index contributed by atoms with van der Waals surface area (Å²) in [6, 6.07) is 8.31. The van der Waals surface area contributed by atoms with Crippen LogP contribution in [0.3, 0.4) is 0 Å². The molecule has 1 saturated carbocycles. The molecule has 0 unspecified atom stereocenters. The zero-order valence-electron chi connectivity index (χ0n) is 15.0. The summed E-state index contributed by atoms with van der Waals surface area (Å²) in [5, 5.41) is 7.73. The molecule has 1 aliphatic rings. The van der Waals surface area contributed by atoms with Crippen molar-refractivity contribution in [2.45, 2.75) is 38.3 Å². The molecule has 142 valence electrons. The first-order valence-corrected chi connectivity index (χ1v) is 10.1. The highest BCUT2D eigenvalue weighted by Crippen LogP contribution is 2.32. The van der Waals surface area contributed by atoms with Crippen LogP contribution in [-0.4, -0.2) is 32.6 Å². The molecule has 1 fully saturated rings. The fraction of sp³-hybridized carbons (Fsp3) is 0.421.